The molecule has 162 valence electrons. The Bertz CT molecular complexity index is 1450. The number of hydrogen-bond donors (Lipinski definition) is 2. The van der Waals surface area contributed by atoms with Gasteiger partial charge in [-0.05, 0) is 55.3 Å². The number of sulfonamides is 1. The summed E-state index contributed by atoms with van der Waals surface area (Å²) in [6, 6.07) is 18.0. The number of anilines is 3. The highest BCUT2D eigenvalue weighted by Gasteiger charge is 2.21. The Hall–Kier alpha value is -3.98. The summed E-state index contributed by atoms with van der Waals surface area (Å²) in [5, 5.41) is 14.2. The lowest BCUT2D eigenvalue weighted by atomic mass is 10.2. The lowest BCUT2D eigenvalue weighted by Crippen LogP contribution is -2.22. The van der Waals surface area contributed by atoms with Gasteiger partial charge in [0.25, 0.3) is 10.0 Å². The molecule has 8 nitrogen and oxygen atoms in total. The van der Waals surface area contributed by atoms with E-state index in [0.717, 1.165) is 5.56 Å². The molecule has 1 aromatic heterocycles. The molecule has 2 N–H and O–H groups in total. The zero-order chi connectivity index (χ0) is 22.9. The molecule has 4 aromatic rings. The number of nitrogens with zero attached hydrogens (tertiary/aromatic N) is 2. The summed E-state index contributed by atoms with van der Waals surface area (Å²) in [4.78, 5) is 20.3. The van der Waals surface area contributed by atoms with Crippen LogP contribution >= 0.6 is 0 Å². The maximum absolute atomic E-state index is 13.1. The molecule has 32 heavy (non-hydrogen) atoms. The number of nitrogens with one attached hydrogen (secondary N) is 2. The first-order chi connectivity index (χ1) is 15.2. The molecule has 3 aromatic carbocycles. The number of hydrogen-bond acceptors (Lipinski definition) is 7. The minimum atomic E-state index is -3.96. The fraction of sp³-hybridized carbons (Fsp3) is 0.0870. The van der Waals surface area contributed by atoms with Gasteiger partial charge in [-0.25, -0.2) is 18.4 Å². The molecule has 0 bridgehead atoms. The average Bonchev–Trinajstić information content (AvgIpc) is 2.74. The van der Waals surface area contributed by atoms with Crippen molar-refractivity contribution >= 4 is 44.3 Å². The third-order valence-electron chi connectivity index (χ3n) is 4.78. The monoisotopic (exact) mass is 447 g/mol. The summed E-state index contributed by atoms with van der Waals surface area (Å²) in [5.74, 6) is -1.20. The number of fused-ring (bicyclic) bond motifs is 1. The highest BCUT2D eigenvalue weighted by atomic mass is 32.2. The largest absolute Gasteiger partial charge is 0.545 e. The zero-order valence-corrected chi connectivity index (χ0v) is 18.1. The molecule has 0 saturated carbocycles. The van der Waals surface area contributed by atoms with Gasteiger partial charge in [-0.2, -0.15) is 0 Å². The second-order valence-electron chi connectivity index (χ2n) is 7.28. The first-order valence-corrected chi connectivity index (χ1v) is 11.2. The topological polar surface area (TPSA) is 124 Å². The summed E-state index contributed by atoms with van der Waals surface area (Å²) < 4.78 is 28.8. The first kappa shape index (κ1) is 21.3. The van der Waals surface area contributed by atoms with Crippen LogP contribution in [0, 0.1) is 13.8 Å². The highest BCUT2D eigenvalue weighted by molar-refractivity contribution is 7.92. The van der Waals surface area contributed by atoms with Crippen molar-refractivity contribution in [1.82, 2.24) is 9.97 Å². The predicted molar refractivity (Wildman–Crippen MR) is 120 cm³/mol. The van der Waals surface area contributed by atoms with Crippen LogP contribution in [0.4, 0.5) is 17.3 Å². The Morgan fingerprint density at radius 2 is 1.56 bits per heavy atom. The number of aromatic carboxylic acids is 1. The molecule has 4 rings (SSSR count). The van der Waals surface area contributed by atoms with Crippen molar-refractivity contribution in [1.29, 1.82) is 0 Å². The van der Waals surface area contributed by atoms with Crippen LogP contribution < -0.4 is 15.1 Å². The van der Waals surface area contributed by atoms with Crippen LogP contribution in [0.15, 0.2) is 71.6 Å². The van der Waals surface area contributed by atoms with Crippen LogP contribution in [-0.2, 0) is 10.0 Å². The summed E-state index contributed by atoms with van der Waals surface area (Å²) >= 11 is 0. The Kier molecular flexibility index (Phi) is 5.50. The van der Waals surface area contributed by atoms with Crippen LogP contribution in [0.2, 0.25) is 0 Å². The van der Waals surface area contributed by atoms with Crippen LogP contribution in [0.1, 0.15) is 21.5 Å². The van der Waals surface area contributed by atoms with Gasteiger partial charge in [0, 0.05) is 5.69 Å². The Balaban J connectivity index is 1.79. The van der Waals surface area contributed by atoms with Gasteiger partial charge < -0.3 is 15.2 Å². The van der Waals surface area contributed by atoms with Crippen LogP contribution in [0.5, 0.6) is 0 Å². The zero-order valence-electron chi connectivity index (χ0n) is 17.3. The number of aryl methyl sites for hydroxylation is 2. The smallest absolute Gasteiger partial charge is 0.263 e. The van der Waals surface area contributed by atoms with Crippen molar-refractivity contribution < 1.29 is 18.3 Å². The second-order valence-corrected chi connectivity index (χ2v) is 8.93. The fourth-order valence-corrected chi connectivity index (χ4v) is 4.54. The van der Waals surface area contributed by atoms with Crippen LogP contribution in [0.25, 0.3) is 11.0 Å². The molecule has 0 atom stereocenters. The number of carboxylic acid groups (broad SMARTS) is 1. The van der Waals surface area contributed by atoms with E-state index in [0.29, 0.717) is 22.3 Å². The quantitative estimate of drug-likeness (QED) is 0.465. The lowest BCUT2D eigenvalue weighted by molar-refractivity contribution is -0.255. The number of carbonyl (C=O) groups is 1. The summed E-state index contributed by atoms with van der Waals surface area (Å²) in [6.45, 7) is 3.60. The molecular weight excluding hydrogens is 428 g/mol. The number of carboxylic acids is 1. The Morgan fingerprint density at radius 1 is 0.875 bits per heavy atom. The molecule has 0 spiro atoms. The minimum absolute atomic E-state index is 0.0115. The summed E-state index contributed by atoms with van der Waals surface area (Å²) in [7, 11) is -3.96. The second kappa shape index (κ2) is 8.27. The normalized spacial score (nSPS) is 11.3. The molecule has 0 amide bonds. The van der Waals surface area contributed by atoms with E-state index in [-0.39, 0.29) is 22.1 Å². The van der Waals surface area contributed by atoms with E-state index in [1.165, 1.54) is 18.2 Å². The number of benzene rings is 3. The summed E-state index contributed by atoms with van der Waals surface area (Å²) in [6.07, 6.45) is 0. The maximum Gasteiger partial charge on any atom is 0.263 e. The molecule has 1 heterocycles. The first-order valence-electron chi connectivity index (χ1n) is 9.68. The van der Waals surface area contributed by atoms with Crippen LogP contribution in [-0.4, -0.2) is 24.4 Å². The molecular formula is C23H19N4O4S-. The molecule has 0 unspecified atom stereocenters. The van der Waals surface area contributed by atoms with Gasteiger partial charge in [0.2, 0.25) is 0 Å². The van der Waals surface area contributed by atoms with E-state index in [1.807, 2.05) is 6.92 Å². The van der Waals surface area contributed by atoms with Gasteiger partial charge >= 0.3 is 0 Å². The van der Waals surface area contributed by atoms with Gasteiger partial charge in [0.1, 0.15) is 0 Å². The number of carbonyl (C=O) groups excluding carboxylic acids is 1. The van der Waals surface area contributed by atoms with E-state index < -0.39 is 16.0 Å². The fourth-order valence-electron chi connectivity index (χ4n) is 3.30. The molecule has 0 saturated heterocycles. The average molecular weight is 447 g/mol. The Morgan fingerprint density at radius 3 is 2.22 bits per heavy atom. The highest BCUT2D eigenvalue weighted by Crippen LogP contribution is 2.28. The number of rotatable bonds is 6. The Labute approximate surface area is 185 Å². The third kappa shape index (κ3) is 4.37. The summed E-state index contributed by atoms with van der Waals surface area (Å²) in [5.41, 5.74) is 2.95. The van der Waals surface area contributed by atoms with E-state index in [4.69, 9.17) is 0 Å². The van der Waals surface area contributed by atoms with Crippen molar-refractivity contribution in [2.45, 2.75) is 18.7 Å². The molecule has 0 aliphatic heterocycles. The van der Waals surface area contributed by atoms with Crippen molar-refractivity contribution in [3.8, 4) is 0 Å². The van der Waals surface area contributed by atoms with E-state index in [9.17, 15) is 18.3 Å². The third-order valence-corrected chi connectivity index (χ3v) is 6.28. The van der Waals surface area contributed by atoms with Crippen molar-refractivity contribution in [2.24, 2.45) is 0 Å². The molecule has 9 heteroatoms. The van der Waals surface area contributed by atoms with E-state index in [2.05, 4.69) is 20.0 Å². The van der Waals surface area contributed by atoms with Crippen molar-refractivity contribution in [3.63, 3.8) is 0 Å². The van der Waals surface area contributed by atoms with Crippen molar-refractivity contribution in [3.05, 3.63) is 83.4 Å². The van der Waals surface area contributed by atoms with Gasteiger partial charge in [0.05, 0.1) is 21.9 Å². The molecule has 0 radical (unpaired) electrons. The molecule has 0 fully saturated rings. The van der Waals surface area contributed by atoms with Gasteiger partial charge in [-0.3, -0.25) is 4.72 Å². The van der Waals surface area contributed by atoms with Crippen LogP contribution in [0.3, 0.4) is 0 Å². The molecule has 0 aliphatic carbocycles. The standard InChI is InChI=1S/C23H20N4O4S/c1-14-10-11-20(15(2)12-14)32(30,31)27-22-21(25-18-8-3-4-9-19(18)26-22)24-17-7-5-6-16(13-17)23(28)29/h3-13H,1-2H3,(H,24,25)(H,26,27)(H,28,29)/p-1. The van der Waals surface area contributed by atoms with Gasteiger partial charge in [-0.15, -0.1) is 0 Å². The van der Waals surface area contributed by atoms with Gasteiger partial charge in [-0.1, -0.05) is 42.0 Å². The van der Waals surface area contributed by atoms with E-state index in [1.54, 1.807) is 55.5 Å². The minimum Gasteiger partial charge on any atom is -0.545 e. The SMILES string of the molecule is Cc1ccc(S(=O)(=O)Nc2nc3ccccc3nc2Nc2cccc(C(=O)[O-])c2)c(C)c1. The lowest BCUT2D eigenvalue weighted by Gasteiger charge is -2.15. The predicted octanol–water partition coefficient (Wildman–Crippen LogP) is 3.15. The van der Waals surface area contributed by atoms with Crippen molar-refractivity contribution in [2.75, 3.05) is 10.0 Å². The number of para-hydroxylation sites is 2. The van der Waals surface area contributed by atoms with Gasteiger partial charge in [0.15, 0.2) is 11.6 Å². The number of aromatic nitrogens is 2. The maximum atomic E-state index is 13.1. The molecule has 0 aliphatic rings. The van der Waals surface area contributed by atoms with E-state index >= 15 is 0 Å².